The van der Waals surface area contributed by atoms with Gasteiger partial charge < -0.3 is 74.0 Å². The van der Waals surface area contributed by atoms with Gasteiger partial charge in [-0.2, -0.15) is 0 Å². The van der Waals surface area contributed by atoms with Gasteiger partial charge in [0.25, 0.3) is 0 Å². The highest BCUT2D eigenvalue weighted by Crippen LogP contribution is 2.23. The molecule has 25 nitrogen and oxygen atoms in total. The van der Waals surface area contributed by atoms with Crippen molar-refractivity contribution in [3.8, 4) is 5.75 Å². The Morgan fingerprint density at radius 1 is 0.662 bits per heavy atom. The molecule has 3 aromatic carbocycles. The molecule has 2 aliphatic heterocycles. The number of phenols is 1. The van der Waals surface area contributed by atoms with Gasteiger partial charge in [0.05, 0.1) is 19.6 Å². The lowest BCUT2D eigenvalue weighted by atomic mass is 10.00. The molecular weight excluding hydrogens is 999 g/mol. The zero-order valence-corrected chi connectivity index (χ0v) is 43.4. The van der Waals surface area contributed by atoms with Crippen molar-refractivity contribution in [1.29, 1.82) is 5.41 Å². The van der Waals surface area contributed by atoms with Gasteiger partial charge in [-0.25, -0.2) is 4.79 Å². The zero-order valence-electron chi connectivity index (χ0n) is 43.4. The Balaban J connectivity index is 1.23. The summed E-state index contributed by atoms with van der Waals surface area (Å²) in [5, 5.41) is 49.8. The Hall–Kier alpha value is -8.35. The Morgan fingerprint density at radius 3 is 1.96 bits per heavy atom. The average molecular weight is 1070 g/mol. The van der Waals surface area contributed by atoms with Gasteiger partial charge in [-0.3, -0.25) is 48.6 Å². The molecule has 416 valence electrons. The highest BCUT2D eigenvalue weighted by atomic mass is 16.4. The number of carboxylic acids is 1. The number of phenolic OH excluding ortho intramolecular Hbond substituents is 1. The fraction of sp³-hybridized carbons (Fsp3) is 0.481. The number of aromatic hydroxyl groups is 1. The summed E-state index contributed by atoms with van der Waals surface area (Å²) >= 11 is 0. The normalized spacial score (nSPS) is 16.9. The largest absolute Gasteiger partial charge is 0.508 e. The lowest BCUT2D eigenvalue weighted by Crippen LogP contribution is -2.59. The molecule has 15 N–H and O–H groups in total. The van der Waals surface area contributed by atoms with Gasteiger partial charge in [-0.1, -0.05) is 68.4 Å². The fourth-order valence-electron chi connectivity index (χ4n) is 9.11. The molecule has 2 heterocycles. The van der Waals surface area contributed by atoms with E-state index in [1.54, 1.807) is 32.0 Å². The summed E-state index contributed by atoms with van der Waals surface area (Å²) in [7, 11) is 0. The molecule has 7 atom stereocenters. The Labute approximate surface area is 445 Å². The van der Waals surface area contributed by atoms with E-state index in [2.05, 4.69) is 42.5 Å². The summed E-state index contributed by atoms with van der Waals surface area (Å²) in [6.45, 7) is 3.77. The predicted molar refractivity (Wildman–Crippen MR) is 281 cm³/mol. The number of hydrogen-bond donors (Lipinski definition) is 13. The van der Waals surface area contributed by atoms with Crippen LogP contribution in [0.3, 0.4) is 0 Å². The molecule has 0 aromatic heterocycles. The molecule has 25 heteroatoms. The lowest BCUT2D eigenvalue weighted by Gasteiger charge is -2.29. The number of nitrogens with two attached hydrogens (primary N) is 2. The molecule has 3 aromatic rings. The quantitative estimate of drug-likeness (QED) is 0.0234. The van der Waals surface area contributed by atoms with Crippen LogP contribution in [0.15, 0.2) is 66.7 Å². The van der Waals surface area contributed by atoms with Crippen molar-refractivity contribution in [2.75, 3.05) is 39.3 Å². The van der Waals surface area contributed by atoms with Crippen molar-refractivity contribution >= 4 is 75.9 Å². The number of fused-ring (bicyclic) bond motifs is 1. The van der Waals surface area contributed by atoms with Crippen LogP contribution in [0, 0.1) is 11.3 Å². The van der Waals surface area contributed by atoms with Crippen LogP contribution >= 0.6 is 0 Å². The molecule has 0 aliphatic carbocycles. The van der Waals surface area contributed by atoms with Crippen LogP contribution in [0.1, 0.15) is 70.4 Å². The number of rotatable bonds is 26. The third kappa shape index (κ3) is 17.6. The van der Waals surface area contributed by atoms with Gasteiger partial charge in [0.15, 0.2) is 5.96 Å². The third-order valence-electron chi connectivity index (χ3n) is 13.3. The number of carbonyl (C=O) groups excluding carboxylic acids is 9. The summed E-state index contributed by atoms with van der Waals surface area (Å²) in [5.74, 6) is -8.42. The van der Waals surface area contributed by atoms with E-state index in [1.807, 2.05) is 36.4 Å². The van der Waals surface area contributed by atoms with Crippen molar-refractivity contribution in [2.45, 2.75) is 114 Å². The number of carboxylic acid groups (broad SMARTS) is 1. The number of amides is 9. The van der Waals surface area contributed by atoms with Crippen molar-refractivity contribution in [1.82, 2.24) is 52.3 Å². The second-order valence-corrected chi connectivity index (χ2v) is 19.4. The van der Waals surface area contributed by atoms with Crippen LogP contribution in [-0.2, 0) is 60.8 Å². The zero-order chi connectivity index (χ0) is 56.3. The van der Waals surface area contributed by atoms with Crippen molar-refractivity contribution in [3.63, 3.8) is 0 Å². The van der Waals surface area contributed by atoms with E-state index in [9.17, 15) is 58.2 Å². The monoisotopic (exact) mass is 1070 g/mol. The van der Waals surface area contributed by atoms with Gasteiger partial charge in [0.1, 0.15) is 48.0 Å². The third-order valence-corrected chi connectivity index (χ3v) is 13.3. The van der Waals surface area contributed by atoms with Crippen LogP contribution in [0.25, 0.3) is 10.8 Å². The van der Waals surface area contributed by atoms with Gasteiger partial charge in [-0.05, 0) is 85.4 Å². The predicted octanol–water partition coefficient (Wildman–Crippen LogP) is -2.05. The molecular formula is C52H71N13O12. The average Bonchev–Trinajstić information content (AvgIpc) is 4.11. The van der Waals surface area contributed by atoms with Gasteiger partial charge >= 0.3 is 5.97 Å². The number of likely N-dealkylation sites (tertiary alicyclic amines) is 2. The summed E-state index contributed by atoms with van der Waals surface area (Å²) in [6.07, 6.45) is 1.52. The first-order valence-corrected chi connectivity index (χ1v) is 25.6. The van der Waals surface area contributed by atoms with Crippen molar-refractivity contribution in [2.24, 2.45) is 17.4 Å². The van der Waals surface area contributed by atoms with Crippen molar-refractivity contribution in [3.05, 3.63) is 77.9 Å². The minimum Gasteiger partial charge on any atom is -0.508 e. The fourth-order valence-corrected chi connectivity index (χ4v) is 9.11. The maximum Gasteiger partial charge on any atom is 0.326 e. The van der Waals surface area contributed by atoms with Crippen molar-refractivity contribution < 1.29 is 58.2 Å². The number of carbonyl (C=O) groups is 10. The maximum atomic E-state index is 14.2. The van der Waals surface area contributed by atoms with Crippen LogP contribution in [-0.4, -0.2) is 167 Å². The van der Waals surface area contributed by atoms with E-state index in [-0.39, 0.29) is 83.0 Å². The Morgan fingerprint density at radius 2 is 1.30 bits per heavy atom. The highest BCUT2D eigenvalue weighted by Gasteiger charge is 2.40. The maximum absolute atomic E-state index is 14.2. The number of nitrogens with one attached hydrogen (secondary N) is 9. The molecule has 2 fully saturated rings. The van der Waals surface area contributed by atoms with E-state index in [4.69, 9.17) is 16.9 Å². The summed E-state index contributed by atoms with van der Waals surface area (Å²) in [5.41, 5.74) is 12.0. The van der Waals surface area contributed by atoms with E-state index < -0.39 is 114 Å². The SMILES string of the molecule is CC(C)[C@@H](NC(=O)[C@H](C)NC(=O)[C@@H](Cc1ccc(O)cc1)NC(=O)[C@@H]1CCCN1C(=O)CNC(=O)CN)C(=O)NCC(=O)N[C@@H](CCCNC(=N)N)C(=O)N[C@H](Cc1ccc2ccccc2c1)C(=O)N1CCC[C@H]1C(=O)O. The van der Waals surface area contributed by atoms with Crippen LogP contribution < -0.4 is 54.0 Å². The summed E-state index contributed by atoms with van der Waals surface area (Å²) in [4.78, 5) is 136. The number of aliphatic carboxylic acids is 1. The number of nitrogens with zero attached hydrogens (tertiary/aromatic N) is 2. The number of benzene rings is 3. The van der Waals surface area contributed by atoms with Crippen LogP contribution in [0.5, 0.6) is 5.75 Å². The molecule has 2 saturated heterocycles. The van der Waals surface area contributed by atoms with Gasteiger partial charge in [-0.15, -0.1) is 0 Å². The molecule has 0 unspecified atom stereocenters. The molecule has 77 heavy (non-hydrogen) atoms. The van der Waals surface area contributed by atoms with Gasteiger partial charge in [0.2, 0.25) is 53.2 Å². The standard InChI is InChI=1S/C52H71N13O12/c1-29(2)44(63-45(70)30(3)59-47(72)37(24-31-15-18-35(66)19-16-31)61-48(73)39-12-7-21-64(39)43(69)28-57-41(67)26-53)49(74)58-27-42(68)60-36(11-6-20-56-52(54)55)46(71)62-38(50(75)65-22-8-13-40(65)51(76)77)25-32-14-17-33-9-4-5-10-34(33)23-32/h4-5,9-10,14-19,23,29-30,36-40,44,66H,6-8,11-13,20-22,24-28,53H2,1-3H3,(H,57,67)(H,58,74)(H,59,72)(H,60,68)(H,61,73)(H,62,71)(H,63,70)(H,76,77)(H4,54,55,56)/t30-,36-,37+,38+,39-,40-,44+/m0/s1. The molecule has 0 spiro atoms. The van der Waals surface area contributed by atoms with Gasteiger partial charge in [0, 0.05) is 32.5 Å². The smallest absolute Gasteiger partial charge is 0.326 e. The minimum absolute atomic E-state index is 0.00873. The highest BCUT2D eigenvalue weighted by molar-refractivity contribution is 5.98. The topological polar surface area (TPSA) is 390 Å². The van der Waals surface area contributed by atoms with E-state index in [0.717, 1.165) is 10.8 Å². The molecule has 9 amide bonds. The second kappa shape index (κ2) is 28.5. The molecule has 0 radical (unpaired) electrons. The first-order valence-electron chi connectivity index (χ1n) is 25.6. The molecule has 0 saturated carbocycles. The molecule has 2 aliphatic rings. The summed E-state index contributed by atoms with van der Waals surface area (Å²) in [6, 6.07) is 10.5. The molecule has 0 bridgehead atoms. The van der Waals surface area contributed by atoms with Crippen LogP contribution in [0.4, 0.5) is 0 Å². The van der Waals surface area contributed by atoms with E-state index in [1.165, 1.54) is 28.9 Å². The Bertz CT molecular complexity index is 2650. The first kappa shape index (κ1) is 59.5. The molecule has 5 rings (SSSR count). The Kier molecular flexibility index (Phi) is 22.0. The van der Waals surface area contributed by atoms with E-state index >= 15 is 0 Å². The lowest BCUT2D eigenvalue weighted by molar-refractivity contribution is -0.149. The first-order chi connectivity index (χ1) is 36.6. The number of guanidine groups is 1. The second-order valence-electron chi connectivity index (χ2n) is 19.4. The van der Waals surface area contributed by atoms with E-state index in [0.29, 0.717) is 24.0 Å². The minimum atomic E-state index is -1.29. The van der Waals surface area contributed by atoms with Crippen LogP contribution in [0.2, 0.25) is 0 Å². The summed E-state index contributed by atoms with van der Waals surface area (Å²) < 4.78 is 0. The number of hydrogen-bond acceptors (Lipinski definition) is 13.